The molecule has 0 aliphatic carbocycles. The Bertz CT molecular complexity index is 1500. The highest BCUT2D eigenvalue weighted by molar-refractivity contribution is 7.73. The zero-order valence-corrected chi connectivity index (χ0v) is 23.2. The molecule has 4 rings (SSSR count). The monoisotopic (exact) mass is 592 g/mol. The van der Waals surface area contributed by atoms with Crippen molar-refractivity contribution in [1.82, 2.24) is 0 Å². The van der Waals surface area contributed by atoms with Crippen molar-refractivity contribution in [3.63, 3.8) is 0 Å². The number of anilines is 3. The highest BCUT2D eigenvalue weighted by Gasteiger charge is 2.38. The SMILES string of the molecule is CC(C)(C)[C@@H](CP(c1ccccc1)c1ccccc1)Nc1c(Nc2cc(C(F)(F)F)cc(C(F)(F)F)c2)c(=O)c1=O. The Morgan fingerprint density at radius 3 is 1.54 bits per heavy atom. The number of rotatable bonds is 8. The van der Waals surface area contributed by atoms with Crippen LogP contribution < -0.4 is 32.1 Å². The molecule has 216 valence electrons. The Hall–Kier alpha value is -3.65. The second kappa shape index (κ2) is 11.3. The maximum Gasteiger partial charge on any atom is 0.416 e. The minimum atomic E-state index is -5.06. The lowest BCUT2D eigenvalue weighted by atomic mass is 9.87. The van der Waals surface area contributed by atoms with Crippen molar-refractivity contribution < 1.29 is 26.3 Å². The zero-order valence-electron chi connectivity index (χ0n) is 22.3. The molecule has 0 saturated heterocycles. The summed E-state index contributed by atoms with van der Waals surface area (Å²) in [5, 5.41) is 7.64. The third-order valence-corrected chi connectivity index (χ3v) is 9.21. The van der Waals surface area contributed by atoms with Gasteiger partial charge in [-0.25, -0.2) is 0 Å². The molecule has 0 aliphatic heterocycles. The highest BCUT2D eigenvalue weighted by Crippen LogP contribution is 2.41. The van der Waals surface area contributed by atoms with Gasteiger partial charge in [0.25, 0.3) is 10.9 Å². The molecule has 0 saturated carbocycles. The van der Waals surface area contributed by atoms with Crippen LogP contribution in [0.5, 0.6) is 0 Å². The van der Waals surface area contributed by atoms with Crippen LogP contribution in [0.25, 0.3) is 0 Å². The van der Waals surface area contributed by atoms with E-state index in [1.807, 2.05) is 81.4 Å². The maximum atomic E-state index is 13.4. The average Bonchev–Trinajstić information content (AvgIpc) is 2.91. The van der Waals surface area contributed by atoms with Crippen molar-refractivity contribution in [1.29, 1.82) is 0 Å². The Kier molecular flexibility index (Phi) is 8.37. The fraction of sp³-hybridized carbons (Fsp3) is 0.267. The second-order valence-electron chi connectivity index (χ2n) is 10.7. The molecule has 2 N–H and O–H groups in total. The lowest BCUT2D eigenvalue weighted by Crippen LogP contribution is -2.44. The zero-order chi connectivity index (χ0) is 30.2. The number of halogens is 6. The molecule has 4 aromatic carbocycles. The van der Waals surface area contributed by atoms with Crippen LogP contribution in [-0.4, -0.2) is 12.2 Å². The summed E-state index contributed by atoms with van der Waals surface area (Å²) in [5.74, 6) is 0. The van der Waals surface area contributed by atoms with Crippen molar-refractivity contribution in [2.24, 2.45) is 5.41 Å². The molecule has 0 radical (unpaired) electrons. The number of hydrogen-bond acceptors (Lipinski definition) is 4. The topological polar surface area (TPSA) is 58.2 Å². The molecule has 0 fully saturated rings. The van der Waals surface area contributed by atoms with E-state index in [0.29, 0.717) is 18.3 Å². The summed E-state index contributed by atoms with van der Waals surface area (Å²) in [7, 11) is -0.940. The first-order valence-electron chi connectivity index (χ1n) is 12.6. The van der Waals surface area contributed by atoms with Gasteiger partial charge in [0.1, 0.15) is 11.4 Å². The summed E-state index contributed by atoms with van der Waals surface area (Å²) in [6.45, 7) is 5.82. The van der Waals surface area contributed by atoms with Crippen molar-refractivity contribution in [2.45, 2.75) is 39.2 Å². The van der Waals surface area contributed by atoms with Gasteiger partial charge in [-0.05, 0) is 48.3 Å². The van der Waals surface area contributed by atoms with E-state index >= 15 is 0 Å². The molecule has 0 spiro atoms. The maximum absolute atomic E-state index is 13.4. The first-order chi connectivity index (χ1) is 19.1. The lowest BCUT2D eigenvalue weighted by molar-refractivity contribution is -0.143. The van der Waals surface area contributed by atoms with Gasteiger partial charge in [-0.2, -0.15) is 26.3 Å². The number of hydrogen-bond donors (Lipinski definition) is 2. The minimum absolute atomic E-state index is 0.00241. The number of benzene rings is 3. The first-order valence-corrected chi connectivity index (χ1v) is 14.1. The van der Waals surface area contributed by atoms with E-state index in [1.165, 1.54) is 0 Å². The van der Waals surface area contributed by atoms with Crippen molar-refractivity contribution in [3.8, 4) is 0 Å². The van der Waals surface area contributed by atoms with Gasteiger partial charge in [0, 0.05) is 11.7 Å². The Morgan fingerprint density at radius 1 is 0.683 bits per heavy atom. The van der Waals surface area contributed by atoms with E-state index in [9.17, 15) is 35.9 Å². The van der Waals surface area contributed by atoms with Crippen LogP contribution in [0.4, 0.5) is 43.4 Å². The van der Waals surface area contributed by atoms with Gasteiger partial charge in [-0.15, -0.1) is 0 Å². The fourth-order valence-corrected chi connectivity index (χ4v) is 7.08. The summed E-state index contributed by atoms with van der Waals surface area (Å²) in [4.78, 5) is 25.1. The third-order valence-electron chi connectivity index (χ3n) is 6.63. The van der Waals surface area contributed by atoms with E-state index < -0.39 is 59.4 Å². The Labute approximate surface area is 233 Å². The van der Waals surface area contributed by atoms with E-state index in [-0.39, 0.29) is 17.4 Å². The highest BCUT2D eigenvalue weighted by atomic mass is 31.1. The summed E-state index contributed by atoms with van der Waals surface area (Å²) < 4.78 is 80.1. The molecule has 4 aromatic rings. The van der Waals surface area contributed by atoms with Gasteiger partial charge < -0.3 is 10.6 Å². The molecule has 0 aliphatic rings. The predicted molar refractivity (Wildman–Crippen MR) is 152 cm³/mol. The van der Waals surface area contributed by atoms with Crippen molar-refractivity contribution >= 4 is 35.6 Å². The van der Waals surface area contributed by atoms with E-state index in [2.05, 4.69) is 10.6 Å². The molecular formula is C30H27F6N2O2P. The molecule has 0 aromatic heterocycles. The quantitative estimate of drug-likeness (QED) is 0.131. The molecule has 41 heavy (non-hydrogen) atoms. The van der Waals surface area contributed by atoms with Crippen LogP contribution in [0.3, 0.4) is 0 Å². The van der Waals surface area contributed by atoms with Gasteiger partial charge in [0.05, 0.1) is 11.1 Å². The molecule has 0 amide bonds. The average molecular weight is 593 g/mol. The summed E-state index contributed by atoms with van der Waals surface area (Å²) in [6, 6.07) is 20.1. The van der Waals surface area contributed by atoms with Crippen LogP contribution in [0, 0.1) is 5.41 Å². The Morgan fingerprint density at radius 2 is 1.12 bits per heavy atom. The molecule has 0 heterocycles. The van der Waals surface area contributed by atoms with Crippen molar-refractivity contribution in [3.05, 3.63) is 110 Å². The molecule has 1 atom stereocenters. The normalized spacial score (nSPS) is 13.4. The summed E-state index contributed by atoms with van der Waals surface area (Å²) in [6.07, 6.45) is -9.58. The standard InChI is InChI=1S/C30H27F6N2O2P/c1-28(2,3)23(17-41(21-10-6-4-7-11-21)22-12-8-5-9-13-22)38-25-24(26(39)27(25)40)37-20-15-18(29(31,32)33)14-19(16-20)30(34,35)36/h4-16,23,37-38H,17H2,1-3H3/t23-/m1/s1. The van der Waals surface area contributed by atoms with Crippen LogP contribution in [0.15, 0.2) is 88.5 Å². The molecule has 0 bridgehead atoms. The summed E-state index contributed by atoms with van der Waals surface area (Å²) in [5.41, 5.74) is -6.60. The lowest BCUT2D eigenvalue weighted by Gasteiger charge is -2.36. The van der Waals surface area contributed by atoms with Crippen LogP contribution >= 0.6 is 7.92 Å². The van der Waals surface area contributed by atoms with E-state index in [4.69, 9.17) is 0 Å². The number of alkyl halides is 6. The van der Waals surface area contributed by atoms with Crippen molar-refractivity contribution in [2.75, 3.05) is 16.8 Å². The smallest absolute Gasteiger partial charge is 0.376 e. The second-order valence-corrected chi connectivity index (χ2v) is 12.9. The molecular weight excluding hydrogens is 565 g/mol. The van der Waals surface area contributed by atoms with E-state index in [1.54, 1.807) is 0 Å². The minimum Gasteiger partial charge on any atom is -0.376 e. The summed E-state index contributed by atoms with van der Waals surface area (Å²) >= 11 is 0. The molecule has 0 unspecified atom stereocenters. The molecule has 4 nitrogen and oxygen atoms in total. The number of nitrogens with one attached hydrogen (secondary N) is 2. The van der Waals surface area contributed by atoms with Gasteiger partial charge in [-0.3, -0.25) is 9.59 Å². The molecule has 11 heteroatoms. The van der Waals surface area contributed by atoms with Gasteiger partial charge in [0.15, 0.2) is 0 Å². The van der Waals surface area contributed by atoms with Gasteiger partial charge in [0.2, 0.25) is 0 Å². The van der Waals surface area contributed by atoms with Crippen LogP contribution in [-0.2, 0) is 12.4 Å². The third kappa shape index (κ3) is 6.99. The fourth-order valence-electron chi connectivity index (χ4n) is 4.29. The first kappa shape index (κ1) is 30.3. The van der Waals surface area contributed by atoms with Crippen LogP contribution in [0.1, 0.15) is 31.9 Å². The predicted octanol–water partition coefficient (Wildman–Crippen LogP) is 7.02. The van der Waals surface area contributed by atoms with Gasteiger partial charge >= 0.3 is 12.4 Å². The largest absolute Gasteiger partial charge is 0.416 e. The van der Waals surface area contributed by atoms with Crippen LogP contribution in [0.2, 0.25) is 0 Å². The van der Waals surface area contributed by atoms with E-state index in [0.717, 1.165) is 10.6 Å². The van der Waals surface area contributed by atoms with Gasteiger partial charge in [-0.1, -0.05) is 81.4 Å². The Balaban J connectivity index is 1.70.